The summed E-state index contributed by atoms with van der Waals surface area (Å²) in [4.78, 5) is 12.6. The van der Waals surface area contributed by atoms with Crippen molar-refractivity contribution < 1.29 is 0 Å². The van der Waals surface area contributed by atoms with Gasteiger partial charge in [0.05, 0.1) is 22.8 Å². The fourth-order valence-corrected chi connectivity index (χ4v) is 6.89. The number of para-hydroxylation sites is 2. The van der Waals surface area contributed by atoms with Gasteiger partial charge in [0.25, 0.3) is 0 Å². The van der Waals surface area contributed by atoms with Crippen LogP contribution in [0.15, 0.2) is 188 Å². The van der Waals surface area contributed by atoms with E-state index in [9.17, 15) is 0 Å². The Morgan fingerprint density at radius 2 is 0.796 bits per heavy atom. The molecular formula is C46H31N3. The molecule has 0 saturated heterocycles. The molecule has 0 N–H and O–H groups in total. The number of nitrogens with zero attached hydrogens (tertiary/aromatic N) is 3. The first kappa shape index (κ1) is 28.6. The van der Waals surface area contributed by atoms with Gasteiger partial charge in [-0.2, -0.15) is 0 Å². The smallest absolute Gasteiger partial charge is 0.160 e. The monoisotopic (exact) mass is 625 g/mol. The molecule has 1 aromatic heterocycles. The molecule has 0 atom stereocenters. The molecule has 0 spiro atoms. The zero-order valence-electron chi connectivity index (χ0n) is 26.7. The molecule has 7 aromatic carbocycles. The van der Waals surface area contributed by atoms with Gasteiger partial charge in [-0.3, -0.25) is 0 Å². The zero-order chi connectivity index (χ0) is 32.6. The fraction of sp³-hybridized carbons (Fsp3) is 0. The summed E-state index contributed by atoms with van der Waals surface area (Å²) < 4.78 is 0. The second kappa shape index (κ2) is 12.2. The number of benzene rings is 7. The molecule has 230 valence electrons. The Labute approximate surface area is 286 Å². The summed E-state index contributed by atoms with van der Waals surface area (Å²) in [6.45, 7) is 0. The Balaban J connectivity index is 1.20. The third kappa shape index (κ3) is 5.28. The molecule has 0 radical (unpaired) electrons. The Hall–Kier alpha value is -6.58. The van der Waals surface area contributed by atoms with Crippen molar-refractivity contribution in [2.24, 2.45) is 0 Å². The van der Waals surface area contributed by atoms with E-state index in [-0.39, 0.29) is 0 Å². The topological polar surface area (TPSA) is 29.0 Å². The maximum atomic E-state index is 5.10. The van der Waals surface area contributed by atoms with Crippen LogP contribution < -0.4 is 4.90 Å². The minimum Gasteiger partial charge on any atom is -0.309 e. The van der Waals surface area contributed by atoms with Crippen LogP contribution in [0.4, 0.5) is 17.1 Å². The van der Waals surface area contributed by atoms with Gasteiger partial charge in [-0.15, -0.1) is 0 Å². The van der Waals surface area contributed by atoms with E-state index in [4.69, 9.17) is 9.97 Å². The highest BCUT2D eigenvalue weighted by molar-refractivity contribution is 6.03. The van der Waals surface area contributed by atoms with E-state index >= 15 is 0 Å². The van der Waals surface area contributed by atoms with Crippen molar-refractivity contribution in [3.8, 4) is 67.3 Å². The molecule has 0 bridgehead atoms. The van der Waals surface area contributed by atoms with E-state index in [1.807, 2.05) is 36.4 Å². The molecule has 0 aliphatic carbocycles. The summed E-state index contributed by atoms with van der Waals surface area (Å²) in [5, 5.41) is 0. The molecule has 0 fully saturated rings. The number of fused-ring (bicyclic) bond motifs is 5. The predicted molar refractivity (Wildman–Crippen MR) is 203 cm³/mol. The van der Waals surface area contributed by atoms with Gasteiger partial charge in [-0.1, -0.05) is 146 Å². The van der Waals surface area contributed by atoms with E-state index in [0.717, 1.165) is 50.6 Å². The largest absolute Gasteiger partial charge is 0.309 e. The Bertz CT molecular complexity index is 2380. The molecule has 2 heterocycles. The SMILES string of the molecule is c1ccc(-c2cc(-c3ccccc3)nc(-c3cccc(-c4ccc5c(c4)-c4ccccc4-c4ccccc4N5c4ccccc4)c3)n2)cc1. The summed E-state index contributed by atoms with van der Waals surface area (Å²) in [6, 6.07) is 66.3. The van der Waals surface area contributed by atoms with Crippen molar-refractivity contribution in [2.75, 3.05) is 4.90 Å². The molecule has 1 aliphatic heterocycles. The molecular weight excluding hydrogens is 595 g/mol. The number of rotatable bonds is 5. The van der Waals surface area contributed by atoms with Gasteiger partial charge < -0.3 is 4.90 Å². The second-order valence-corrected chi connectivity index (χ2v) is 12.2. The first-order valence-electron chi connectivity index (χ1n) is 16.6. The third-order valence-electron chi connectivity index (χ3n) is 9.22. The number of anilines is 3. The van der Waals surface area contributed by atoms with Crippen LogP contribution >= 0.6 is 0 Å². The molecule has 9 rings (SSSR count). The van der Waals surface area contributed by atoms with Gasteiger partial charge in [0.1, 0.15) is 0 Å². The minimum absolute atomic E-state index is 0.702. The second-order valence-electron chi connectivity index (χ2n) is 12.2. The van der Waals surface area contributed by atoms with Crippen LogP contribution in [0.3, 0.4) is 0 Å². The summed E-state index contributed by atoms with van der Waals surface area (Å²) in [6.07, 6.45) is 0. The van der Waals surface area contributed by atoms with Crippen LogP contribution in [0.1, 0.15) is 0 Å². The molecule has 0 unspecified atom stereocenters. The van der Waals surface area contributed by atoms with Gasteiger partial charge in [-0.25, -0.2) is 9.97 Å². The lowest BCUT2D eigenvalue weighted by atomic mass is 9.92. The maximum Gasteiger partial charge on any atom is 0.160 e. The zero-order valence-corrected chi connectivity index (χ0v) is 26.7. The summed E-state index contributed by atoms with van der Waals surface area (Å²) in [7, 11) is 0. The summed E-state index contributed by atoms with van der Waals surface area (Å²) in [5.74, 6) is 0.702. The van der Waals surface area contributed by atoms with Crippen molar-refractivity contribution in [1.82, 2.24) is 9.97 Å². The van der Waals surface area contributed by atoms with E-state index in [0.29, 0.717) is 5.82 Å². The molecule has 3 heteroatoms. The van der Waals surface area contributed by atoms with Crippen molar-refractivity contribution >= 4 is 17.1 Å². The number of aromatic nitrogens is 2. The van der Waals surface area contributed by atoms with Crippen molar-refractivity contribution in [3.63, 3.8) is 0 Å². The van der Waals surface area contributed by atoms with E-state index in [2.05, 4.69) is 157 Å². The Kier molecular flexibility index (Phi) is 7.14. The highest BCUT2D eigenvalue weighted by atomic mass is 15.1. The summed E-state index contributed by atoms with van der Waals surface area (Å²) >= 11 is 0. The lowest BCUT2D eigenvalue weighted by Gasteiger charge is -2.27. The van der Waals surface area contributed by atoms with Crippen LogP contribution in [-0.4, -0.2) is 9.97 Å². The highest BCUT2D eigenvalue weighted by Crippen LogP contribution is 2.51. The standard InChI is InChI=1S/C46H31N3/c1-4-15-32(16-5-1)42-31-43(33-17-6-2-7-18-33)48-46(47-42)36-20-14-19-34(29-36)35-27-28-45-41(30-35)39-24-11-10-23-38(39)40-25-12-13-26-44(40)49(45)37-21-8-3-9-22-37/h1-31H. The number of hydrogen-bond donors (Lipinski definition) is 0. The lowest BCUT2D eigenvalue weighted by molar-refractivity contribution is 1.18. The lowest BCUT2D eigenvalue weighted by Crippen LogP contribution is -2.10. The molecule has 0 saturated carbocycles. The van der Waals surface area contributed by atoms with Crippen molar-refractivity contribution in [1.29, 1.82) is 0 Å². The molecule has 0 amide bonds. The van der Waals surface area contributed by atoms with E-state index in [1.54, 1.807) is 0 Å². The van der Waals surface area contributed by atoms with Gasteiger partial charge in [0.15, 0.2) is 5.82 Å². The first-order valence-corrected chi connectivity index (χ1v) is 16.6. The van der Waals surface area contributed by atoms with Crippen LogP contribution in [-0.2, 0) is 0 Å². The summed E-state index contributed by atoms with van der Waals surface area (Å²) in [5.41, 5.74) is 15.4. The number of hydrogen-bond acceptors (Lipinski definition) is 3. The quantitative estimate of drug-likeness (QED) is 0.191. The maximum absolute atomic E-state index is 5.10. The molecule has 49 heavy (non-hydrogen) atoms. The normalized spacial score (nSPS) is 11.6. The van der Waals surface area contributed by atoms with Crippen molar-refractivity contribution in [2.45, 2.75) is 0 Å². The van der Waals surface area contributed by atoms with Gasteiger partial charge in [0, 0.05) is 33.5 Å². The highest BCUT2D eigenvalue weighted by Gasteiger charge is 2.26. The average molecular weight is 626 g/mol. The third-order valence-corrected chi connectivity index (χ3v) is 9.22. The van der Waals surface area contributed by atoms with Gasteiger partial charge in [-0.05, 0) is 64.7 Å². The van der Waals surface area contributed by atoms with Crippen molar-refractivity contribution in [3.05, 3.63) is 188 Å². The fourth-order valence-electron chi connectivity index (χ4n) is 6.89. The molecule has 3 nitrogen and oxygen atoms in total. The molecule has 8 aromatic rings. The predicted octanol–water partition coefficient (Wildman–Crippen LogP) is 12.3. The Morgan fingerprint density at radius 1 is 0.306 bits per heavy atom. The molecule has 1 aliphatic rings. The van der Waals surface area contributed by atoms with E-state index < -0.39 is 0 Å². The van der Waals surface area contributed by atoms with Crippen LogP contribution in [0.25, 0.3) is 67.3 Å². The van der Waals surface area contributed by atoms with Crippen LogP contribution in [0.2, 0.25) is 0 Å². The van der Waals surface area contributed by atoms with Crippen LogP contribution in [0, 0.1) is 0 Å². The van der Waals surface area contributed by atoms with E-state index in [1.165, 1.54) is 27.9 Å². The van der Waals surface area contributed by atoms with Crippen LogP contribution in [0.5, 0.6) is 0 Å². The van der Waals surface area contributed by atoms with Gasteiger partial charge >= 0.3 is 0 Å². The van der Waals surface area contributed by atoms with Gasteiger partial charge in [0.2, 0.25) is 0 Å². The minimum atomic E-state index is 0.702. The average Bonchev–Trinajstić information content (AvgIpc) is 3.31. The Morgan fingerprint density at radius 3 is 1.47 bits per heavy atom. The first-order chi connectivity index (χ1) is 24.3.